The van der Waals surface area contributed by atoms with Crippen molar-refractivity contribution in [3.63, 3.8) is 0 Å². The summed E-state index contributed by atoms with van der Waals surface area (Å²) in [5, 5.41) is 0. The summed E-state index contributed by atoms with van der Waals surface area (Å²) in [7, 11) is 2.01. The molecule has 0 saturated heterocycles. The van der Waals surface area contributed by atoms with Gasteiger partial charge in [-0.05, 0) is 23.8 Å². The third kappa shape index (κ3) is 2.61. The number of amides is 1. The SMILES string of the molecule is CN1CCN(C(=O)Cc2ccccc2F)c2ccccc21. The van der Waals surface area contributed by atoms with Crippen LogP contribution in [0.15, 0.2) is 48.5 Å². The van der Waals surface area contributed by atoms with Crippen LogP contribution < -0.4 is 9.80 Å². The second-order valence-corrected chi connectivity index (χ2v) is 5.22. The smallest absolute Gasteiger partial charge is 0.231 e. The van der Waals surface area contributed by atoms with Crippen molar-refractivity contribution >= 4 is 17.3 Å². The summed E-state index contributed by atoms with van der Waals surface area (Å²) in [6, 6.07) is 14.2. The zero-order valence-corrected chi connectivity index (χ0v) is 11.9. The van der Waals surface area contributed by atoms with E-state index in [0.717, 1.165) is 17.9 Å². The second kappa shape index (κ2) is 5.56. The minimum Gasteiger partial charge on any atom is -0.371 e. The van der Waals surface area contributed by atoms with Gasteiger partial charge in [0.05, 0.1) is 17.8 Å². The average molecular weight is 284 g/mol. The van der Waals surface area contributed by atoms with Crippen LogP contribution in [0.2, 0.25) is 0 Å². The number of fused-ring (bicyclic) bond motifs is 1. The van der Waals surface area contributed by atoms with Gasteiger partial charge in [0.25, 0.3) is 0 Å². The van der Waals surface area contributed by atoms with Gasteiger partial charge in [0.2, 0.25) is 5.91 Å². The van der Waals surface area contributed by atoms with Crippen molar-refractivity contribution in [2.75, 3.05) is 29.9 Å². The standard InChI is InChI=1S/C17H17FN2O/c1-19-10-11-20(16-9-5-4-8-15(16)19)17(21)12-13-6-2-3-7-14(13)18/h2-9H,10-12H2,1H3. The summed E-state index contributed by atoms with van der Waals surface area (Å²) >= 11 is 0. The summed E-state index contributed by atoms with van der Waals surface area (Å²) in [5.74, 6) is -0.395. The van der Waals surface area contributed by atoms with Gasteiger partial charge < -0.3 is 9.80 Å². The molecule has 2 aromatic carbocycles. The number of hydrogen-bond donors (Lipinski definition) is 0. The van der Waals surface area contributed by atoms with E-state index in [4.69, 9.17) is 0 Å². The minimum atomic E-state index is -0.326. The molecule has 1 aliphatic rings. The van der Waals surface area contributed by atoms with Crippen molar-refractivity contribution < 1.29 is 9.18 Å². The molecule has 4 heteroatoms. The first-order valence-electron chi connectivity index (χ1n) is 7.01. The zero-order valence-electron chi connectivity index (χ0n) is 11.9. The van der Waals surface area contributed by atoms with E-state index in [1.807, 2.05) is 31.3 Å². The maximum absolute atomic E-state index is 13.7. The van der Waals surface area contributed by atoms with Gasteiger partial charge in [0.1, 0.15) is 5.82 Å². The number of halogens is 1. The normalized spacial score (nSPS) is 14.0. The van der Waals surface area contributed by atoms with Gasteiger partial charge >= 0.3 is 0 Å². The topological polar surface area (TPSA) is 23.6 Å². The lowest BCUT2D eigenvalue weighted by atomic mass is 10.1. The highest BCUT2D eigenvalue weighted by Crippen LogP contribution is 2.32. The van der Waals surface area contributed by atoms with Gasteiger partial charge in [-0.3, -0.25) is 4.79 Å². The highest BCUT2D eigenvalue weighted by atomic mass is 19.1. The Bertz CT molecular complexity index is 671. The highest BCUT2D eigenvalue weighted by molar-refractivity contribution is 5.98. The van der Waals surface area contributed by atoms with Crippen LogP contribution in [0.25, 0.3) is 0 Å². The number of rotatable bonds is 2. The molecule has 108 valence electrons. The van der Waals surface area contributed by atoms with Crippen LogP contribution >= 0.6 is 0 Å². The van der Waals surface area contributed by atoms with E-state index in [1.54, 1.807) is 23.1 Å². The Balaban J connectivity index is 1.86. The van der Waals surface area contributed by atoms with Gasteiger partial charge in [-0.1, -0.05) is 30.3 Å². The number of para-hydroxylation sites is 2. The van der Waals surface area contributed by atoms with Crippen LogP contribution in [-0.4, -0.2) is 26.0 Å². The summed E-state index contributed by atoms with van der Waals surface area (Å²) in [4.78, 5) is 16.4. The Labute approximate surface area is 123 Å². The first kappa shape index (κ1) is 13.6. The summed E-state index contributed by atoms with van der Waals surface area (Å²) in [5.41, 5.74) is 2.37. The van der Waals surface area contributed by atoms with E-state index in [2.05, 4.69) is 4.90 Å². The van der Waals surface area contributed by atoms with Crippen LogP contribution in [0.1, 0.15) is 5.56 Å². The molecule has 0 spiro atoms. The van der Waals surface area contributed by atoms with Crippen molar-refractivity contribution in [3.8, 4) is 0 Å². The molecular weight excluding hydrogens is 267 g/mol. The van der Waals surface area contributed by atoms with Crippen molar-refractivity contribution in [1.29, 1.82) is 0 Å². The first-order valence-corrected chi connectivity index (χ1v) is 7.01. The molecule has 3 nitrogen and oxygen atoms in total. The van der Waals surface area contributed by atoms with E-state index >= 15 is 0 Å². The molecule has 0 bridgehead atoms. The lowest BCUT2D eigenvalue weighted by Crippen LogP contribution is -2.43. The molecule has 1 aliphatic heterocycles. The maximum atomic E-state index is 13.7. The Morgan fingerprint density at radius 1 is 1.05 bits per heavy atom. The molecule has 1 heterocycles. The second-order valence-electron chi connectivity index (χ2n) is 5.22. The van der Waals surface area contributed by atoms with E-state index in [9.17, 15) is 9.18 Å². The maximum Gasteiger partial charge on any atom is 0.231 e. The fraction of sp³-hybridized carbons (Fsp3) is 0.235. The molecule has 0 unspecified atom stereocenters. The number of hydrogen-bond acceptors (Lipinski definition) is 2. The predicted molar refractivity (Wildman–Crippen MR) is 82.2 cm³/mol. The van der Waals surface area contributed by atoms with Crippen LogP contribution in [0.5, 0.6) is 0 Å². The van der Waals surface area contributed by atoms with Gasteiger partial charge in [0, 0.05) is 20.1 Å². The van der Waals surface area contributed by atoms with E-state index in [-0.39, 0.29) is 18.1 Å². The zero-order chi connectivity index (χ0) is 14.8. The monoisotopic (exact) mass is 284 g/mol. The van der Waals surface area contributed by atoms with Gasteiger partial charge in [-0.2, -0.15) is 0 Å². The third-order valence-corrected chi connectivity index (χ3v) is 3.84. The van der Waals surface area contributed by atoms with Gasteiger partial charge in [-0.15, -0.1) is 0 Å². The van der Waals surface area contributed by atoms with Crippen LogP contribution in [0.3, 0.4) is 0 Å². The molecule has 1 amide bonds. The highest BCUT2D eigenvalue weighted by Gasteiger charge is 2.25. The number of carbonyl (C=O) groups excluding carboxylic acids is 1. The summed E-state index contributed by atoms with van der Waals surface area (Å²) in [6.45, 7) is 1.40. The predicted octanol–water partition coefficient (Wildman–Crippen LogP) is 2.85. The first-order chi connectivity index (χ1) is 10.2. The van der Waals surface area contributed by atoms with Gasteiger partial charge in [-0.25, -0.2) is 4.39 Å². The average Bonchev–Trinajstić information content (AvgIpc) is 2.50. The molecule has 2 aromatic rings. The number of likely N-dealkylation sites (N-methyl/N-ethyl adjacent to an activating group) is 1. The molecule has 0 aromatic heterocycles. The molecule has 0 atom stereocenters. The molecular formula is C17H17FN2O. The Morgan fingerprint density at radius 3 is 2.48 bits per heavy atom. The molecule has 0 radical (unpaired) electrons. The number of anilines is 2. The van der Waals surface area contributed by atoms with Crippen molar-refractivity contribution in [2.45, 2.75) is 6.42 Å². The summed E-state index contributed by atoms with van der Waals surface area (Å²) < 4.78 is 13.7. The Hall–Kier alpha value is -2.36. The number of nitrogens with zero attached hydrogens (tertiary/aromatic N) is 2. The van der Waals surface area contributed by atoms with Gasteiger partial charge in [0.15, 0.2) is 0 Å². The molecule has 3 rings (SSSR count). The largest absolute Gasteiger partial charge is 0.371 e. The fourth-order valence-corrected chi connectivity index (χ4v) is 2.67. The Kier molecular flexibility index (Phi) is 3.60. The molecule has 0 N–H and O–H groups in total. The molecule has 0 saturated carbocycles. The van der Waals surface area contributed by atoms with Crippen molar-refractivity contribution in [2.24, 2.45) is 0 Å². The molecule has 0 fully saturated rings. The lowest BCUT2D eigenvalue weighted by molar-refractivity contribution is -0.118. The quantitative estimate of drug-likeness (QED) is 0.846. The van der Waals surface area contributed by atoms with Crippen molar-refractivity contribution in [1.82, 2.24) is 0 Å². The summed E-state index contributed by atoms with van der Waals surface area (Å²) in [6.07, 6.45) is 0.0880. The fourth-order valence-electron chi connectivity index (χ4n) is 2.67. The van der Waals surface area contributed by atoms with Crippen LogP contribution in [0.4, 0.5) is 15.8 Å². The molecule has 0 aliphatic carbocycles. The minimum absolute atomic E-state index is 0.0688. The number of benzene rings is 2. The number of carbonyl (C=O) groups is 1. The van der Waals surface area contributed by atoms with E-state index < -0.39 is 0 Å². The van der Waals surface area contributed by atoms with E-state index in [0.29, 0.717) is 12.1 Å². The Morgan fingerprint density at radius 2 is 1.71 bits per heavy atom. The lowest BCUT2D eigenvalue weighted by Gasteiger charge is -2.35. The van der Waals surface area contributed by atoms with Crippen LogP contribution in [-0.2, 0) is 11.2 Å². The van der Waals surface area contributed by atoms with E-state index in [1.165, 1.54) is 6.07 Å². The van der Waals surface area contributed by atoms with Crippen LogP contribution in [0, 0.1) is 5.82 Å². The van der Waals surface area contributed by atoms with Crippen molar-refractivity contribution in [3.05, 3.63) is 59.9 Å². The molecule has 21 heavy (non-hydrogen) atoms. The third-order valence-electron chi connectivity index (χ3n) is 3.84.